The fourth-order valence-corrected chi connectivity index (χ4v) is 1.11. The Hall–Kier alpha value is -1.75. The van der Waals surface area contributed by atoms with Gasteiger partial charge in [0.15, 0.2) is 0 Å². The molecule has 0 fully saturated rings. The Morgan fingerprint density at radius 1 is 1.31 bits per heavy atom. The third kappa shape index (κ3) is 2.87. The van der Waals surface area contributed by atoms with Gasteiger partial charge in [-0.15, -0.1) is 0 Å². The molecule has 87 valence electrons. The minimum atomic E-state index is -0.636. The summed E-state index contributed by atoms with van der Waals surface area (Å²) in [4.78, 5) is 20.4. The molecule has 0 heterocycles. The van der Waals surface area contributed by atoms with Crippen LogP contribution < -0.4 is 9.47 Å². The van der Waals surface area contributed by atoms with Crippen LogP contribution in [-0.2, 0) is 9.78 Å². The molecule has 0 atom stereocenters. The van der Waals surface area contributed by atoms with Crippen molar-refractivity contribution in [2.45, 2.75) is 0 Å². The monoisotopic (exact) mass is 225 g/mol. The van der Waals surface area contributed by atoms with Crippen molar-refractivity contribution in [1.29, 1.82) is 0 Å². The molecule has 0 saturated heterocycles. The van der Waals surface area contributed by atoms with Crippen LogP contribution in [0, 0.1) is 6.92 Å². The highest BCUT2D eigenvalue weighted by molar-refractivity contribution is 5.92. The van der Waals surface area contributed by atoms with E-state index in [0.717, 1.165) is 0 Å². The van der Waals surface area contributed by atoms with Crippen molar-refractivity contribution in [2.75, 3.05) is 20.8 Å². The van der Waals surface area contributed by atoms with Crippen molar-refractivity contribution in [1.82, 2.24) is 0 Å². The van der Waals surface area contributed by atoms with Gasteiger partial charge in [-0.1, -0.05) is 0 Å². The molecule has 0 aliphatic carbocycles. The van der Waals surface area contributed by atoms with E-state index in [1.54, 1.807) is 12.1 Å². The Morgan fingerprint density at radius 2 is 2.06 bits per heavy atom. The van der Waals surface area contributed by atoms with E-state index in [1.807, 2.05) is 0 Å². The van der Waals surface area contributed by atoms with Gasteiger partial charge in [-0.25, -0.2) is 4.79 Å². The molecule has 0 bridgehead atoms. The summed E-state index contributed by atoms with van der Waals surface area (Å²) in [6.45, 7) is 3.42. The summed E-state index contributed by atoms with van der Waals surface area (Å²) in [5, 5.41) is 0. The topological polar surface area (TPSA) is 54.0 Å². The minimum Gasteiger partial charge on any atom is -0.497 e. The summed E-state index contributed by atoms with van der Waals surface area (Å²) < 4.78 is 10.0. The van der Waals surface area contributed by atoms with Gasteiger partial charge in [-0.3, -0.25) is 4.89 Å². The molecule has 0 spiro atoms. The van der Waals surface area contributed by atoms with Crippen LogP contribution in [0.3, 0.4) is 0 Å². The number of ether oxygens (including phenoxy) is 2. The molecule has 1 aromatic rings. The van der Waals surface area contributed by atoms with Gasteiger partial charge >= 0.3 is 5.97 Å². The van der Waals surface area contributed by atoms with E-state index in [0.29, 0.717) is 11.5 Å². The SMILES string of the molecule is [CH2]COOC(=O)c1ccc(OC)cc1OC. The van der Waals surface area contributed by atoms with E-state index in [4.69, 9.17) is 9.47 Å². The molecular weight excluding hydrogens is 212 g/mol. The molecule has 1 aromatic carbocycles. The normalized spacial score (nSPS) is 9.69. The first-order valence-corrected chi connectivity index (χ1v) is 4.58. The van der Waals surface area contributed by atoms with Crippen molar-refractivity contribution in [3.8, 4) is 11.5 Å². The predicted molar refractivity (Wildman–Crippen MR) is 56.3 cm³/mol. The van der Waals surface area contributed by atoms with Crippen molar-refractivity contribution in [2.24, 2.45) is 0 Å². The fourth-order valence-electron chi connectivity index (χ4n) is 1.11. The highest BCUT2D eigenvalue weighted by Gasteiger charge is 2.15. The maximum Gasteiger partial charge on any atom is 0.376 e. The lowest BCUT2D eigenvalue weighted by molar-refractivity contribution is -0.232. The highest BCUT2D eigenvalue weighted by atomic mass is 17.2. The maximum atomic E-state index is 11.5. The largest absolute Gasteiger partial charge is 0.497 e. The zero-order chi connectivity index (χ0) is 12.0. The molecule has 16 heavy (non-hydrogen) atoms. The Balaban J connectivity index is 2.90. The first-order valence-electron chi connectivity index (χ1n) is 4.58. The third-order valence-corrected chi connectivity index (χ3v) is 1.85. The van der Waals surface area contributed by atoms with Gasteiger partial charge < -0.3 is 9.47 Å². The van der Waals surface area contributed by atoms with Crippen molar-refractivity contribution < 1.29 is 24.0 Å². The van der Waals surface area contributed by atoms with Gasteiger partial charge in [-0.05, 0) is 19.1 Å². The summed E-state index contributed by atoms with van der Waals surface area (Å²) in [6, 6.07) is 4.75. The van der Waals surface area contributed by atoms with E-state index < -0.39 is 5.97 Å². The summed E-state index contributed by atoms with van der Waals surface area (Å²) in [6.07, 6.45) is 0. The molecule has 1 radical (unpaired) electrons. The number of rotatable bonds is 5. The van der Waals surface area contributed by atoms with Crippen LogP contribution in [-0.4, -0.2) is 26.8 Å². The maximum absolute atomic E-state index is 11.5. The lowest BCUT2D eigenvalue weighted by atomic mass is 10.2. The van der Waals surface area contributed by atoms with E-state index in [9.17, 15) is 4.79 Å². The first-order chi connectivity index (χ1) is 7.72. The van der Waals surface area contributed by atoms with E-state index in [2.05, 4.69) is 16.7 Å². The average Bonchev–Trinajstić information content (AvgIpc) is 2.34. The molecular formula is C11H13O5. The van der Waals surface area contributed by atoms with Crippen LogP contribution in [0.1, 0.15) is 10.4 Å². The van der Waals surface area contributed by atoms with Crippen molar-refractivity contribution in [3.05, 3.63) is 30.7 Å². The molecule has 0 aliphatic heterocycles. The fraction of sp³-hybridized carbons (Fsp3) is 0.273. The second-order valence-electron chi connectivity index (χ2n) is 2.76. The second kappa shape index (κ2) is 5.97. The quantitative estimate of drug-likeness (QED) is 0.563. The summed E-state index contributed by atoms with van der Waals surface area (Å²) in [5.41, 5.74) is 0.261. The standard InChI is InChI=1S/C11H13O5/c1-4-15-16-11(12)9-6-5-8(13-2)7-10(9)14-3/h5-7H,1,4H2,2-3H3. The molecule has 5 heteroatoms. The number of carbonyl (C=O) groups is 1. The molecule has 0 saturated carbocycles. The van der Waals surface area contributed by atoms with Crippen molar-refractivity contribution in [3.63, 3.8) is 0 Å². The third-order valence-electron chi connectivity index (χ3n) is 1.85. The molecule has 0 aliphatic rings. The van der Waals surface area contributed by atoms with Gasteiger partial charge in [0.2, 0.25) is 0 Å². The summed E-state index contributed by atoms with van der Waals surface area (Å²) in [5.74, 6) is 0.312. The predicted octanol–water partition coefficient (Wildman–Crippen LogP) is 1.63. The van der Waals surface area contributed by atoms with Crippen LogP contribution in [0.25, 0.3) is 0 Å². The second-order valence-corrected chi connectivity index (χ2v) is 2.76. The van der Waals surface area contributed by atoms with Crippen LogP contribution in [0.4, 0.5) is 0 Å². The van der Waals surface area contributed by atoms with Gasteiger partial charge in [0.05, 0.1) is 20.8 Å². The van der Waals surface area contributed by atoms with Gasteiger partial charge in [0.1, 0.15) is 17.1 Å². The molecule has 0 unspecified atom stereocenters. The molecule has 0 aromatic heterocycles. The summed E-state index contributed by atoms with van der Waals surface area (Å²) >= 11 is 0. The molecule has 0 amide bonds. The number of hydrogen-bond donors (Lipinski definition) is 0. The van der Waals surface area contributed by atoms with Crippen LogP contribution in [0.5, 0.6) is 11.5 Å². The van der Waals surface area contributed by atoms with Crippen LogP contribution in [0.15, 0.2) is 18.2 Å². The lowest BCUT2D eigenvalue weighted by Crippen LogP contribution is -2.07. The Kier molecular flexibility index (Phi) is 4.60. The van der Waals surface area contributed by atoms with E-state index in [-0.39, 0.29) is 12.2 Å². The average molecular weight is 225 g/mol. The van der Waals surface area contributed by atoms with E-state index >= 15 is 0 Å². The molecule has 1 rings (SSSR count). The van der Waals surface area contributed by atoms with Crippen LogP contribution >= 0.6 is 0 Å². The summed E-state index contributed by atoms with van der Waals surface area (Å²) in [7, 11) is 2.98. The highest BCUT2D eigenvalue weighted by Crippen LogP contribution is 2.25. The zero-order valence-corrected chi connectivity index (χ0v) is 9.19. The number of carbonyl (C=O) groups excluding carboxylic acids is 1. The first kappa shape index (κ1) is 12.3. The Bertz CT molecular complexity index is 361. The van der Waals surface area contributed by atoms with E-state index in [1.165, 1.54) is 20.3 Å². The van der Waals surface area contributed by atoms with Crippen LogP contribution in [0.2, 0.25) is 0 Å². The molecule has 5 nitrogen and oxygen atoms in total. The van der Waals surface area contributed by atoms with Gasteiger partial charge in [0.25, 0.3) is 0 Å². The number of methoxy groups -OCH3 is 2. The van der Waals surface area contributed by atoms with Gasteiger partial charge in [0, 0.05) is 6.07 Å². The minimum absolute atomic E-state index is 0.0458. The smallest absolute Gasteiger partial charge is 0.376 e. The number of benzene rings is 1. The zero-order valence-electron chi connectivity index (χ0n) is 9.19. The Morgan fingerprint density at radius 3 is 2.62 bits per heavy atom. The van der Waals surface area contributed by atoms with Gasteiger partial charge in [-0.2, -0.15) is 4.89 Å². The molecule has 0 N–H and O–H groups in total. The lowest BCUT2D eigenvalue weighted by Gasteiger charge is -2.08. The van der Waals surface area contributed by atoms with Crippen molar-refractivity contribution >= 4 is 5.97 Å². The number of hydrogen-bond acceptors (Lipinski definition) is 5. The Labute approximate surface area is 93.8 Å².